The van der Waals surface area contributed by atoms with E-state index in [2.05, 4.69) is 0 Å². The molecule has 4 atom stereocenters. The highest BCUT2D eigenvalue weighted by Crippen LogP contribution is 2.52. The van der Waals surface area contributed by atoms with Gasteiger partial charge in [-0.3, -0.25) is 0 Å². The van der Waals surface area contributed by atoms with Crippen LogP contribution in [0.25, 0.3) is 0 Å². The van der Waals surface area contributed by atoms with E-state index < -0.39 is 0 Å². The molecule has 1 amide bonds. The largest absolute Gasteiger partial charge is 0.445 e. The summed E-state index contributed by atoms with van der Waals surface area (Å²) in [6.07, 6.45) is 3.16. The van der Waals surface area contributed by atoms with Crippen molar-refractivity contribution in [1.29, 1.82) is 0 Å². The number of benzene rings is 1. The first kappa shape index (κ1) is 15.9. The molecule has 1 aromatic carbocycles. The quantitative estimate of drug-likeness (QED) is 0.832. The summed E-state index contributed by atoms with van der Waals surface area (Å²) in [4.78, 5) is 14.0. The minimum atomic E-state index is -0.193. The van der Waals surface area contributed by atoms with E-state index in [1.165, 1.54) is 6.42 Å². The first-order valence-corrected chi connectivity index (χ1v) is 9.00. The molecule has 2 aliphatic heterocycles. The van der Waals surface area contributed by atoms with Crippen molar-refractivity contribution in [2.45, 2.75) is 32.2 Å². The first-order chi connectivity index (χ1) is 11.8. The zero-order chi connectivity index (χ0) is 16.4. The lowest BCUT2D eigenvalue weighted by molar-refractivity contribution is -0.166. The summed E-state index contributed by atoms with van der Waals surface area (Å²) in [5, 5.41) is 0. The van der Waals surface area contributed by atoms with Crippen molar-refractivity contribution < 1.29 is 19.0 Å². The van der Waals surface area contributed by atoms with Crippen molar-refractivity contribution in [3.63, 3.8) is 0 Å². The Bertz CT molecular complexity index is 546. The van der Waals surface area contributed by atoms with E-state index in [0.717, 1.165) is 44.7 Å². The molecule has 0 bridgehead atoms. The smallest absolute Gasteiger partial charge is 0.410 e. The Morgan fingerprint density at radius 2 is 1.96 bits per heavy atom. The minimum Gasteiger partial charge on any atom is -0.445 e. The summed E-state index contributed by atoms with van der Waals surface area (Å²) >= 11 is 0. The number of nitrogens with zero attached hydrogens (tertiary/aromatic N) is 1. The predicted octanol–water partition coefficient (Wildman–Crippen LogP) is 3.04. The van der Waals surface area contributed by atoms with Crippen LogP contribution in [0.5, 0.6) is 0 Å². The molecule has 130 valence electrons. The van der Waals surface area contributed by atoms with E-state index in [4.69, 9.17) is 14.2 Å². The van der Waals surface area contributed by atoms with E-state index in [0.29, 0.717) is 24.4 Å². The Balaban J connectivity index is 1.16. The van der Waals surface area contributed by atoms with Crippen LogP contribution in [-0.4, -0.2) is 43.6 Å². The number of fused-ring (bicyclic) bond motifs is 1. The molecule has 1 aliphatic carbocycles. The van der Waals surface area contributed by atoms with Gasteiger partial charge in [-0.25, -0.2) is 4.79 Å². The number of hydrogen-bond donors (Lipinski definition) is 0. The van der Waals surface area contributed by atoms with Gasteiger partial charge in [0.25, 0.3) is 0 Å². The number of likely N-dealkylation sites (tertiary alicyclic amines) is 1. The van der Waals surface area contributed by atoms with Gasteiger partial charge < -0.3 is 19.1 Å². The van der Waals surface area contributed by atoms with E-state index in [-0.39, 0.29) is 12.4 Å². The fourth-order valence-corrected chi connectivity index (χ4v) is 3.92. The van der Waals surface area contributed by atoms with Crippen molar-refractivity contribution in [3.05, 3.63) is 35.9 Å². The second-order valence-corrected chi connectivity index (χ2v) is 7.07. The van der Waals surface area contributed by atoms with Gasteiger partial charge in [0.15, 0.2) is 6.29 Å². The summed E-state index contributed by atoms with van der Waals surface area (Å²) in [7, 11) is 0. The van der Waals surface area contributed by atoms with Gasteiger partial charge in [-0.1, -0.05) is 30.3 Å². The molecule has 3 aliphatic rings. The topological polar surface area (TPSA) is 48.0 Å². The van der Waals surface area contributed by atoms with Crippen molar-refractivity contribution in [1.82, 2.24) is 4.90 Å². The molecule has 1 saturated carbocycles. The number of hydrogen-bond acceptors (Lipinski definition) is 4. The zero-order valence-corrected chi connectivity index (χ0v) is 13.9. The van der Waals surface area contributed by atoms with E-state index in [1.807, 2.05) is 35.2 Å². The van der Waals surface area contributed by atoms with Crippen LogP contribution in [0, 0.1) is 17.8 Å². The third-order valence-corrected chi connectivity index (χ3v) is 5.45. The average Bonchev–Trinajstić information content (AvgIpc) is 3.08. The highest BCUT2D eigenvalue weighted by molar-refractivity contribution is 5.68. The highest BCUT2D eigenvalue weighted by atomic mass is 16.7. The Hall–Kier alpha value is -1.59. The Morgan fingerprint density at radius 1 is 1.17 bits per heavy atom. The van der Waals surface area contributed by atoms with Crippen LogP contribution in [0.1, 0.15) is 24.8 Å². The van der Waals surface area contributed by atoms with Gasteiger partial charge in [0.05, 0.1) is 6.61 Å². The van der Waals surface area contributed by atoms with Gasteiger partial charge in [0, 0.05) is 19.7 Å². The second kappa shape index (κ2) is 7.11. The number of amides is 1. The fraction of sp³-hybridized carbons (Fsp3) is 0.632. The van der Waals surface area contributed by atoms with Crippen molar-refractivity contribution in [2.24, 2.45) is 17.8 Å². The molecule has 2 unspecified atom stereocenters. The summed E-state index contributed by atoms with van der Waals surface area (Å²) in [6, 6.07) is 9.80. The molecule has 5 heteroatoms. The average molecular weight is 331 g/mol. The van der Waals surface area contributed by atoms with Crippen molar-refractivity contribution in [2.75, 3.05) is 26.3 Å². The van der Waals surface area contributed by atoms with Crippen LogP contribution in [0.4, 0.5) is 4.79 Å². The van der Waals surface area contributed by atoms with Gasteiger partial charge in [0.2, 0.25) is 0 Å². The molecule has 0 aromatic heterocycles. The number of carbonyl (C=O) groups is 1. The maximum Gasteiger partial charge on any atom is 0.410 e. The summed E-state index contributed by atoms with van der Waals surface area (Å²) in [5.41, 5.74) is 1.02. The molecule has 5 nitrogen and oxygen atoms in total. The van der Waals surface area contributed by atoms with Crippen LogP contribution < -0.4 is 0 Å². The first-order valence-electron chi connectivity index (χ1n) is 9.00. The van der Waals surface area contributed by atoms with Crippen LogP contribution in [0.15, 0.2) is 30.3 Å². The minimum absolute atomic E-state index is 0.00739. The molecule has 0 spiro atoms. The molecule has 0 N–H and O–H groups in total. The number of piperidine rings is 1. The van der Waals surface area contributed by atoms with Gasteiger partial charge in [0.1, 0.15) is 6.61 Å². The van der Waals surface area contributed by atoms with Crippen LogP contribution in [0.3, 0.4) is 0 Å². The summed E-state index contributed by atoms with van der Waals surface area (Å²) < 4.78 is 16.9. The Labute approximate surface area is 142 Å². The lowest BCUT2D eigenvalue weighted by Crippen LogP contribution is -2.33. The number of carbonyl (C=O) groups excluding carboxylic acids is 1. The van der Waals surface area contributed by atoms with Crippen molar-refractivity contribution in [3.8, 4) is 0 Å². The van der Waals surface area contributed by atoms with E-state index >= 15 is 0 Å². The summed E-state index contributed by atoms with van der Waals surface area (Å²) in [5.74, 6) is 1.75. The standard InChI is InChI=1S/C19H25NO4/c21-19(24-12-14-6-2-1-3-7-14)20-10-15-16(11-20)17(15)13-23-18-8-4-5-9-22-18/h1-3,6-7,15-18H,4-5,8-13H2/t15-,16+,17?,18?. The van der Waals surface area contributed by atoms with Crippen LogP contribution in [0.2, 0.25) is 0 Å². The number of ether oxygens (including phenoxy) is 3. The van der Waals surface area contributed by atoms with Gasteiger partial charge in [-0.15, -0.1) is 0 Å². The summed E-state index contributed by atoms with van der Waals surface area (Å²) in [6.45, 7) is 3.54. The molecule has 2 heterocycles. The highest BCUT2D eigenvalue weighted by Gasteiger charge is 2.57. The maximum absolute atomic E-state index is 12.1. The SMILES string of the molecule is O=C(OCc1ccccc1)N1C[C@@H]2C(COC3CCCCO3)[C@@H]2C1. The Morgan fingerprint density at radius 3 is 2.67 bits per heavy atom. The molecule has 3 fully saturated rings. The van der Waals surface area contributed by atoms with E-state index in [9.17, 15) is 4.79 Å². The van der Waals surface area contributed by atoms with Crippen LogP contribution >= 0.6 is 0 Å². The lowest BCUT2D eigenvalue weighted by atomic mass is 10.2. The molecule has 4 rings (SSSR count). The third kappa shape index (κ3) is 3.57. The van der Waals surface area contributed by atoms with E-state index in [1.54, 1.807) is 0 Å². The van der Waals surface area contributed by atoms with Gasteiger partial charge in [-0.2, -0.15) is 0 Å². The normalized spacial score (nSPS) is 31.6. The number of rotatable bonds is 5. The fourth-order valence-electron chi connectivity index (χ4n) is 3.92. The molecule has 1 aromatic rings. The predicted molar refractivity (Wildman–Crippen MR) is 88.2 cm³/mol. The van der Waals surface area contributed by atoms with Crippen molar-refractivity contribution >= 4 is 6.09 Å². The van der Waals surface area contributed by atoms with Gasteiger partial charge >= 0.3 is 6.09 Å². The van der Waals surface area contributed by atoms with Gasteiger partial charge in [-0.05, 0) is 42.6 Å². The second-order valence-electron chi connectivity index (χ2n) is 7.07. The molecular formula is C19H25NO4. The molecular weight excluding hydrogens is 306 g/mol. The molecule has 2 saturated heterocycles. The van der Waals surface area contributed by atoms with Crippen LogP contribution in [-0.2, 0) is 20.8 Å². The monoisotopic (exact) mass is 331 g/mol. The molecule has 0 radical (unpaired) electrons. The third-order valence-electron chi connectivity index (χ3n) is 5.45. The lowest BCUT2D eigenvalue weighted by Gasteiger charge is -2.24. The maximum atomic E-state index is 12.1. The Kier molecular flexibility index (Phi) is 4.72. The zero-order valence-electron chi connectivity index (χ0n) is 13.9. The molecule has 24 heavy (non-hydrogen) atoms.